The molecule has 7 rings (SSSR count). The lowest BCUT2D eigenvalue weighted by Crippen LogP contribution is -2.20. The van der Waals surface area contributed by atoms with Crippen LogP contribution in [0.5, 0.6) is 11.5 Å². The summed E-state index contributed by atoms with van der Waals surface area (Å²) in [6.45, 7) is 0. The van der Waals surface area contributed by atoms with Gasteiger partial charge in [0, 0.05) is 44.4 Å². The second kappa shape index (κ2) is 12.0. The third-order valence-electron chi connectivity index (χ3n) is 8.22. The lowest BCUT2D eigenvalue weighted by atomic mass is 9.83. The van der Waals surface area contributed by atoms with Crippen LogP contribution in [0, 0.1) is 0 Å². The Bertz CT molecular complexity index is 2690. The van der Waals surface area contributed by atoms with Crippen molar-refractivity contribution in [3.05, 3.63) is 107 Å². The van der Waals surface area contributed by atoms with Gasteiger partial charge in [0.25, 0.3) is 20.2 Å². The number of anilines is 2. The summed E-state index contributed by atoms with van der Waals surface area (Å²) in [6, 6.07) is 18.5. The molecule has 0 saturated carbocycles. The van der Waals surface area contributed by atoms with Gasteiger partial charge in [-0.25, -0.2) is 0 Å². The first kappa shape index (κ1) is 33.9. The number of ketones is 2. The molecule has 0 amide bonds. The van der Waals surface area contributed by atoms with Gasteiger partial charge in [-0.1, -0.05) is 0 Å². The number of nitrogens with two attached hydrogens (primary N) is 2. The summed E-state index contributed by atoms with van der Waals surface area (Å²) in [5.74, 6) is -2.38. The Hall–Kier alpha value is -6.60. The number of hydrogen-bond donors (Lipinski definition) is 6. The van der Waals surface area contributed by atoms with Gasteiger partial charge in [-0.2, -0.15) is 27.1 Å². The first-order valence-corrected chi connectivity index (χ1v) is 17.7. The van der Waals surface area contributed by atoms with Crippen molar-refractivity contribution in [3.8, 4) is 11.5 Å². The highest BCUT2D eigenvalue weighted by Crippen LogP contribution is 2.44. The first-order valence-electron chi connectivity index (χ1n) is 14.8. The van der Waals surface area contributed by atoms with E-state index in [2.05, 4.69) is 20.5 Å². The van der Waals surface area contributed by atoms with Gasteiger partial charge in [-0.05, 0) is 95.7 Å². The van der Waals surface area contributed by atoms with Gasteiger partial charge in [0.15, 0.2) is 23.1 Å². The Morgan fingerprint density at radius 1 is 0.481 bits per heavy atom. The maximum absolute atomic E-state index is 13.6. The van der Waals surface area contributed by atoms with Crippen molar-refractivity contribution in [1.29, 1.82) is 0 Å². The van der Waals surface area contributed by atoms with E-state index >= 15 is 0 Å². The number of phenolic OH excluding ortho intramolecular Hbond substituents is 2. The van der Waals surface area contributed by atoms with Crippen LogP contribution in [-0.4, -0.2) is 47.7 Å². The summed E-state index contributed by atoms with van der Waals surface area (Å²) in [4.78, 5) is 25.6. The number of fused-ring (bicyclic) bond motifs is 4. The molecular weight excluding hydrogens is 717 g/mol. The second-order valence-corrected chi connectivity index (χ2v) is 14.4. The van der Waals surface area contributed by atoms with Crippen LogP contribution in [0.1, 0.15) is 31.8 Å². The van der Waals surface area contributed by atoms with Crippen molar-refractivity contribution < 1.29 is 45.7 Å². The summed E-state index contributed by atoms with van der Waals surface area (Å²) in [5.41, 5.74) is 10.8. The molecule has 52 heavy (non-hydrogen) atoms. The lowest BCUT2D eigenvalue weighted by molar-refractivity contribution is 0.0979. The summed E-state index contributed by atoms with van der Waals surface area (Å²) in [5, 5.41) is 38.1. The number of nitrogens with zero attached hydrogens (tertiary/aromatic N) is 4. The largest absolute Gasteiger partial charge is 0.505 e. The van der Waals surface area contributed by atoms with E-state index < -0.39 is 64.5 Å². The van der Waals surface area contributed by atoms with Gasteiger partial charge < -0.3 is 21.7 Å². The van der Waals surface area contributed by atoms with Crippen molar-refractivity contribution >= 4 is 87.5 Å². The molecule has 0 spiro atoms. The monoisotopic (exact) mass is 738 g/mol. The molecule has 260 valence electrons. The Labute approximate surface area is 292 Å². The highest BCUT2D eigenvalue weighted by molar-refractivity contribution is 7.86. The molecule has 0 radical (unpaired) electrons. The van der Waals surface area contributed by atoms with E-state index in [0.29, 0.717) is 0 Å². The second-order valence-electron chi connectivity index (χ2n) is 11.6. The molecule has 1 aliphatic carbocycles. The SMILES string of the molecule is Nc1ccc2c(O)c(N=Nc3ccc4c(c3)C(=O)c3ccc(N=Nc5c(S(=O)(=O)O)cc6cc(N)ccc6c5O)cc3C4=O)c(S(=O)(=O)O)cc2c1. The van der Waals surface area contributed by atoms with Crippen LogP contribution in [0.2, 0.25) is 0 Å². The fourth-order valence-corrected chi connectivity index (χ4v) is 7.11. The molecule has 18 heteroatoms. The first-order chi connectivity index (χ1) is 24.5. The van der Waals surface area contributed by atoms with Gasteiger partial charge in [-0.3, -0.25) is 18.7 Å². The molecule has 1 aliphatic rings. The van der Waals surface area contributed by atoms with E-state index in [4.69, 9.17) is 11.5 Å². The molecule has 0 atom stereocenters. The van der Waals surface area contributed by atoms with Gasteiger partial charge in [-0.15, -0.1) is 10.2 Å². The van der Waals surface area contributed by atoms with Gasteiger partial charge in [0.2, 0.25) is 0 Å². The Morgan fingerprint density at radius 3 is 1.23 bits per heavy atom. The Balaban J connectivity index is 1.23. The fourth-order valence-electron chi connectivity index (χ4n) is 5.79. The van der Waals surface area contributed by atoms with E-state index in [1.807, 2.05) is 0 Å². The number of carbonyl (C=O) groups excluding carboxylic acids is 2. The number of rotatable bonds is 6. The van der Waals surface area contributed by atoms with Crippen molar-refractivity contribution in [1.82, 2.24) is 0 Å². The molecule has 0 bridgehead atoms. The minimum Gasteiger partial charge on any atom is -0.505 e. The third-order valence-corrected chi connectivity index (χ3v) is 9.96. The molecule has 0 aliphatic heterocycles. The van der Waals surface area contributed by atoms with Crippen LogP contribution in [0.4, 0.5) is 34.1 Å². The van der Waals surface area contributed by atoms with Crippen molar-refractivity contribution in [2.45, 2.75) is 9.79 Å². The molecular formula is C34H22N6O10S2. The minimum atomic E-state index is -4.90. The number of aromatic hydroxyl groups is 2. The summed E-state index contributed by atoms with van der Waals surface area (Å²) >= 11 is 0. The lowest BCUT2D eigenvalue weighted by Gasteiger charge is -2.17. The van der Waals surface area contributed by atoms with Crippen LogP contribution in [0.15, 0.2) is 115 Å². The average Bonchev–Trinajstić information content (AvgIpc) is 3.08. The topological polar surface area (TPSA) is 285 Å². The minimum absolute atomic E-state index is 0.000574. The van der Waals surface area contributed by atoms with Crippen molar-refractivity contribution in [2.75, 3.05) is 11.5 Å². The smallest absolute Gasteiger partial charge is 0.296 e. The quantitative estimate of drug-likeness (QED) is 0.0592. The molecule has 0 unspecified atom stereocenters. The summed E-state index contributed by atoms with van der Waals surface area (Å²) in [7, 11) is -9.79. The zero-order chi connectivity index (χ0) is 37.3. The third kappa shape index (κ3) is 5.86. The number of nitrogen functional groups attached to an aromatic ring is 2. The van der Waals surface area contributed by atoms with Crippen LogP contribution in [0.25, 0.3) is 21.5 Å². The number of azo groups is 2. The predicted molar refractivity (Wildman–Crippen MR) is 188 cm³/mol. The van der Waals surface area contributed by atoms with Crippen molar-refractivity contribution in [3.63, 3.8) is 0 Å². The molecule has 0 fully saturated rings. The van der Waals surface area contributed by atoms with E-state index in [1.165, 1.54) is 72.8 Å². The fraction of sp³-hybridized carbons (Fsp3) is 0. The Kier molecular flexibility index (Phi) is 7.83. The average molecular weight is 739 g/mol. The predicted octanol–water partition coefficient (Wildman–Crippen LogP) is 6.67. The number of benzene rings is 6. The molecule has 0 aromatic heterocycles. The van der Waals surface area contributed by atoms with Crippen LogP contribution < -0.4 is 11.5 Å². The van der Waals surface area contributed by atoms with Gasteiger partial charge in [0.1, 0.15) is 21.2 Å². The number of hydrogen-bond acceptors (Lipinski definition) is 14. The van der Waals surface area contributed by atoms with E-state index in [-0.39, 0.29) is 66.5 Å². The van der Waals surface area contributed by atoms with Gasteiger partial charge >= 0.3 is 0 Å². The van der Waals surface area contributed by atoms with E-state index in [9.17, 15) is 45.7 Å². The van der Waals surface area contributed by atoms with Crippen LogP contribution >= 0.6 is 0 Å². The Morgan fingerprint density at radius 2 is 0.865 bits per heavy atom. The van der Waals surface area contributed by atoms with Gasteiger partial charge in [0.05, 0.1) is 11.4 Å². The van der Waals surface area contributed by atoms with E-state index in [0.717, 1.165) is 12.1 Å². The molecule has 0 saturated heterocycles. The van der Waals surface area contributed by atoms with Crippen LogP contribution in [-0.2, 0) is 20.2 Å². The maximum atomic E-state index is 13.6. The molecule has 8 N–H and O–H groups in total. The standard InChI is InChI=1S/C34H22N6O10S2/c35-17-1-5-21-15(9-17)11-27(51(45,46)47)29(33(21)43)39-37-19-3-7-23-25(13-19)31(41)24-8-4-20(14-26(24)32(23)42)38-40-30-28(52(48,49)50)12-16-10-18(36)2-6-22(16)34(30)44/h1-14,43-44H,35-36H2,(H,45,46,47)(H,48,49,50). The summed E-state index contributed by atoms with van der Waals surface area (Å²) in [6.07, 6.45) is 0. The van der Waals surface area contributed by atoms with Crippen LogP contribution in [0.3, 0.4) is 0 Å². The number of phenols is 2. The maximum Gasteiger partial charge on any atom is 0.296 e. The van der Waals surface area contributed by atoms with Crippen molar-refractivity contribution in [2.24, 2.45) is 20.5 Å². The highest BCUT2D eigenvalue weighted by Gasteiger charge is 2.31. The molecule has 6 aromatic carbocycles. The zero-order valence-electron chi connectivity index (χ0n) is 26.1. The highest BCUT2D eigenvalue weighted by atomic mass is 32.2. The van der Waals surface area contributed by atoms with E-state index in [1.54, 1.807) is 0 Å². The zero-order valence-corrected chi connectivity index (χ0v) is 27.7. The number of carbonyl (C=O) groups is 2. The normalized spacial score (nSPS) is 13.3. The molecule has 0 heterocycles. The molecule has 16 nitrogen and oxygen atoms in total. The summed E-state index contributed by atoms with van der Waals surface area (Å²) < 4.78 is 68.3. The molecule has 6 aromatic rings.